The number of imidazole rings is 1. The second-order valence-electron chi connectivity index (χ2n) is 4.38. The molecule has 2 aromatic rings. The predicted molar refractivity (Wildman–Crippen MR) is 79.7 cm³/mol. The number of nitrogens with zero attached hydrogens (tertiary/aromatic N) is 1. The van der Waals surface area contributed by atoms with Gasteiger partial charge in [0.2, 0.25) is 0 Å². The summed E-state index contributed by atoms with van der Waals surface area (Å²) in [6.07, 6.45) is 3.09. The van der Waals surface area contributed by atoms with Crippen molar-refractivity contribution in [2.75, 3.05) is 5.73 Å². The van der Waals surface area contributed by atoms with Crippen molar-refractivity contribution in [1.82, 2.24) is 15.3 Å². The molecule has 0 spiro atoms. The first-order chi connectivity index (χ1) is 9.97. The van der Waals surface area contributed by atoms with Crippen LogP contribution >= 0.6 is 15.9 Å². The van der Waals surface area contributed by atoms with Crippen molar-refractivity contribution < 1.29 is 14.7 Å². The quantitative estimate of drug-likeness (QED) is 0.602. The number of aliphatic carboxylic acids is 1. The summed E-state index contributed by atoms with van der Waals surface area (Å²) < 4.78 is 0.579. The van der Waals surface area contributed by atoms with E-state index < -0.39 is 17.9 Å². The van der Waals surface area contributed by atoms with Crippen molar-refractivity contribution in [3.8, 4) is 0 Å². The molecule has 0 aliphatic heterocycles. The average molecular weight is 353 g/mol. The summed E-state index contributed by atoms with van der Waals surface area (Å²) in [5.41, 5.74) is 7.10. The van der Waals surface area contributed by atoms with Crippen LogP contribution in [0.4, 0.5) is 5.69 Å². The molecule has 1 aromatic heterocycles. The highest BCUT2D eigenvalue weighted by atomic mass is 79.9. The maximum absolute atomic E-state index is 12.1. The van der Waals surface area contributed by atoms with E-state index in [4.69, 9.17) is 5.73 Å². The van der Waals surface area contributed by atoms with Gasteiger partial charge in [0.05, 0.1) is 6.33 Å². The summed E-state index contributed by atoms with van der Waals surface area (Å²) in [6, 6.07) is 3.60. The Balaban J connectivity index is 2.10. The number of anilines is 1. The van der Waals surface area contributed by atoms with Crippen molar-refractivity contribution in [2.24, 2.45) is 0 Å². The molecule has 8 heteroatoms. The SMILES string of the molecule is Nc1ccc(C(=O)N[C@H](Cc2cnc[nH]2)C(=O)O)cc1Br. The lowest BCUT2D eigenvalue weighted by molar-refractivity contribution is -0.139. The third-order valence-electron chi connectivity index (χ3n) is 2.84. The maximum Gasteiger partial charge on any atom is 0.326 e. The van der Waals surface area contributed by atoms with Crippen molar-refractivity contribution >= 4 is 33.5 Å². The topological polar surface area (TPSA) is 121 Å². The normalized spacial score (nSPS) is 11.9. The van der Waals surface area contributed by atoms with Gasteiger partial charge in [-0.1, -0.05) is 0 Å². The van der Waals surface area contributed by atoms with E-state index in [9.17, 15) is 14.7 Å². The summed E-state index contributed by atoms with van der Waals surface area (Å²) in [4.78, 5) is 29.9. The number of aromatic nitrogens is 2. The Kier molecular flexibility index (Phi) is 4.59. The molecule has 1 atom stereocenters. The van der Waals surface area contributed by atoms with E-state index in [0.717, 1.165) is 0 Å². The fourth-order valence-electron chi connectivity index (χ4n) is 1.73. The number of rotatable bonds is 5. The van der Waals surface area contributed by atoms with Crippen LogP contribution in [0.3, 0.4) is 0 Å². The molecule has 0 saturated heterocycles. The summed E-state index contributed by atoms with van der Waals surface area (Å²) in [5.74, 6) is -1.60. The molecule has 7 nitrogen and oxygen atoms in total. The third kappa shape index (κ3) is 3.82. The van der Waals surface area contributed by atoms with E-state index in [-0.39, 0.29) is 6.42 Å². The number of amides is 1. The van der Waals surface area contributed by atoms with Crippen LogP contribution in [0.1, 0.15) is 16.1 Å². The van der Waals surface area contributed by atoms with E-state index in [1.54, 1.807) is 12.1 Å². The minimum absolute atomic E-state index is 0.122. The number of benzene rings is 1. The van der Waals surface area contributed by atoms with Gasteiger partial charge >= 0.3 is 5.97 Å². The predicted octanol–water partition coefficient (Wildman–Crippen LogP) is 1.18. The smallest absolute Gasteiger partial charge is 0.326 e. The molecule has 0 bridgehead atoms. The van der Waals surface area contributed by atoms with Crippen LogP contribution in [0, 0.1) is 0 Å². The van der Waals surface area contributed by atoms with E-state index in [1.165, 1.54) is 18.6 Å². The third-order valence-corrected chi connectivity index (χ3v) is 3.53. The van der Waals surface area contributed by atoms with Crippen LogP contribution in [-0.2, 0) is 11.2 Å². The van der Waals surface area contributed by atoms with E-state index in [1.807, 2.05) is 0 Å². The van der Waals surface area contributed by atoms with Crippen molar-refractivity contribution in [3.63, 3.8) is 0 Å². The largest absolute Gasteiger partial charge is 0.480 e. The Bertz CT molecular complexity index is 657. The van der Waals surface area contributed by atoms with Crippen LogP contribution in [0.25, 0.3) is 0 Å². The highest BCUT2D eigenvalue weighted by Gasteiger charge is 2.22. The molecule has 0 aliphatic rings. The molecule has 21 heavy (non-hydrogen) atoms. The number of H-pyrrole nitrogens is 1. The second-order valence-corrected chi connectivity index (χ2v) is 5.24. The lowest BCUT2D eigenvalue weighted by Crippen LogP contribution is -2.42. The van der Waals surface area contributed by atoms with Crippen molar-refractivity contribution in [3.05, 3.63) is 46.5 Å². The van der Waals surface area contributed by atoms with E-state index in [2.05, 4.69) is 31.2 Å². The minimum Gasteiger partial charge on any atom is -0.480 e. The fraction of sp³-hybridized carbons (Fsp3) is 0.154. The van der Waals surface area contributed by atoms with Gasteiger partial charge in [-0.2, -0.15) is 0 Å². The zero-order valence-electron chi connectivity index (χ0n) is 10.8. The molecule has 110 valence electrons. The molecular weight excluding hydrogens is 340 g/mol. The maximum atomic E-state index is 12.1. The number of hydrogen-bond donors (Lipinski definition) is 4. The number of nitrogens with two attached hydrogens (primary N) is 1. The first kappa shape index (κ1) is 15.0. The Morgan fingerprint density at radius 2 is 2.24 bits per heavy atom. The van der Waals surface area contributed by atoms with Crippen LogP contribution in [0.15, 0.2) is 35.2 Å². The van der Waals surface area contributed by atoms with Gasteiger partial charge in [-0.3, -0.25) is 4.79 Å². The van der Waals surface area contributed by atoms with Gasteiger partial charge < -0.3 is 21.1 Å². The van der Waals surface area contributed by atoms with Crippen LogP contribution in [0.5, 0.6) is 0 Å². The van der Waals surface area contributed by atoms with Gasteiger partial charge in [0.25, 0.3) is 5.91 Å². The molecular formula is C13H13BrN4O3. The summed E-state index contributed by atoms with van der Waals surface area (Å²) >= 11 is 3.22. The number of aromatic amines is 1. The molecule has 2 rings (SSSR count). The number of halogens is 1. The zero-order chi connectivity index (χ0) is 15.4. The lowest BCUT2D eigenvalue weighted by Gasteiger charge is -2.14. The van der Waals surface area contributed by atoms with Gasteiger partial charge in [0.15, 0.2) is 0 Å². The van der Waals surface area contributed by atoms with Crippen LogP contribution in [0.2, 0.25) is 0 Å². The molecule has 5 N–H and O–H groups in total. The van der Waals surface area contributed by atoms with Gasteiger partial charge in [0, 0.05) is 34.0 Å². The molecule has 1 heterocycles. The molecule has 0 radical (unpaired) electrons. The molecule has 1 aromatic carbocycles. The number of carboxylic acids is 1. The van der Waals surface area contributed by atoms with Crippen molar-refractivity contribution in [2.45, 2.75) is 12.5 Å². The molecule has 0 fully saturated rings. The highest BCUT2D eigenvalue weighted by molar-refractivity contribution is 9.10. The first-order valence-electron chi connectivity index (χ1n) is 6.03. The zero-order valence-corrected chi connectivity index (χ0v) is 12.4. The van der Waals surface area contributed by atoms with Gasteiger partial charge in [-0.15, -0.1) is 0 Å². The Hall–Kier alpha value is -2.35. The van der Waals surface area contributed by atoms with Crippen LogP contribution in [-0.4, -0.2) is 33.0 Å². The standard InChI is InChI=1S/C13H13BrN4O3/c14-9-3-7(1-2-10(9)15)12(19)18-11(13(20)21)4-8-5-16-6-17-8/h1-3,5-6,11H,4,15H2,(H,16,17)(H,18,19)(H,20,21)/t11-/m1/s1. The molecule has 1 amide bonds. The number of carbonyl (C=O) groups is 2. The summed E-state index contributed by atoms with van der Waals surface area (Å²) in [7, 11) is 0. The lowest BCUT2D eigenvalue weighted by atomic mass is 10.1. The number of nitrogens with one attached hydrogen (secondary N) is 2. The van der Waals surface area contributed by atoms with Crippen molar-refractivity contribution in [1.29, 1.82) is 0 Å². The Labute approximate surface area is 128 Å². The first-order valence-corrected chi connectivity index (χ1v) is 6.82. The molecule has 0 unspecified atom stereocenters. The fourth-order valence-corrected chi connectivity index (χ4v) is 2.11. The molecule has 0 aliphatic carbocycles. The average Bonchev–Trinajstić information content (AvgIpc) is 2.93. The van der Waals surface area contributed by atoms with E-state index in [0.29, 0.717) is 21.4 Å². The Morgan fingerprint density at radius 3 is 2.81 bits per heavy atom. The number of hydrogen-bond acceptors (Lipinski definition) is 4. The van der Waals surface area contributed by atoms with Gasteiger partial charge in [-0.05, 0) is 34.1 Å². The summed E-state index contributed by atoms with van der Waals surface area (Å²) in [6.45, 7) is 0. The minimum atomic E-state index is -1.12. The number of carboxylic acid groups (broad SMARTS) is 1. The van der Waals surface area contributed by atoms with Gasteiger partial charge in [0.1, 0.15) is 6.04 Å². The van der Waals surface area contributed by atoms with Gasteiger partial charge in [-0.25, -0.2) is 9.78 Å². The molecule has 0 saturated carbocycles. The number of carbonyl (C=O) groups excluding carboxylic acids is 1. The summed E-state index contributed by atoms with van der Waals surface area (Å²) in [5, 5.41) is 11.7. The van der Waals surface area contributed by atoms with E-state index >= 15 is 0 Å². The highest BCUT2D eigenvalue weighted by Crippen LogP contribution is 2.20. The Morgan fingerprint density at radius 1 is 1.48 bits per heavy atom. The number of nitrogen functional groups attached to an aromatic ring is 1. The monoisotopic (exact) mass is 352 g/mol. The second kappa shape index (κ2) is 6.40. The van der Waals surface area contributed by atoms with Crippen LogP contribution < -0.4 is 11.1 Å².